The van der Waals surface area contributed by atoms with Gasteiger partial charge in [0.25, 0.3) is 0 Å². The first kappa shape index (κ1) is 15.3. The minimum atomic E-state index is -0.890. The number of nitrogens with two attached hydrogens (primary N) is 2. The average molecular weight is 286 g/mol. The van der Waals surface area contributed by atoms with E-state index in [-0.39, 0.29) is 6.54 Å². The summed E-state index contributed by atoms with van der Waals surface area (Å²) in [5, 5.41) is 0.630. The van der Waals surface area contributed by atoms with Crippen molar-refractivity contribution < 1.29 is 14.3 Å². The number of nitrogens with zero attached hydrogens (tertiary/aromatic N) is 1. The summed E-state index contributed by atoms with van der Waals surface area (Å²) in [6.45, 7) is -0.00929. The Kier molecular flexibility index (Phi) is 5.59. The van der Waals surface area contributed by atoms with Crippen molar-refractivity contribution >= 4 is 23.7 Å². The third-order valence-electron chi connectivity index (χ3n) is 2.49. The minimum absolute atomic E-state index is 0.00929. The van der Waals surface area contributed by atoms with E-state index in [1.54, 1.807) is 12.1 Å². The highest BCUT2D eigenvalue weighted by molar-refractivity contribution is 6.30. The van der Waals surface area contributed by atoms with E-state index in [0.717, 1.165) is 10.5 Å². The molecule has 0 saturated heterocycles. The van der Waals surface area contributed by atoms with E-state index in [0.29, 0.717) is 11.4 Å². The predicted octanol–water partition coefficient (Wildman–Crippen LogP) is 1.36. The molecular weight excluding hydrogens is 270 g/mol. The molecule has 1 atom stereocenters. The predicted molar refractivity (Wildman–Crippen MR) is 71.8 cm³/mol. The van der Waals surface area contributed by atoms with Crippen LogP contribution in [0.4, 0.5) is 9.59 Å². The van der Waals surface area contributed by atoms with Crippen molar-refractivity contribution in [3.8, 4) is 0 Å². The Morgan fingerprint density at radius 2 is 1.95 bits per heavy atom. The Bertz CT molecular complexity index is 450. The van der Waals surface area contributed by atoms with Crippen LogP contribution in [0.2, 0.25) is 5.02 Å². The van der Waals surface area contributed by atoms with Crippen LogP contribution in [0.15, 0.2) is 24.3 Å². The van der Waals surface area contributed by atoms with Gasteiger partial charge in [0.05, 0.1) is 7.11 Å². The first-order valence-electron chi connectivity index (χ1n) is 5.59. The molecule has 104 valence electrons. The third kappa shape index (κ3) is 4.76. The molecule has 0 heterocycles. The Morgan fingerprint density at radius 3 is 2.42 bits per heavy atom. The number of carbonyl (C=O) groups is 2. The first-order valence-corrected chi connectivity index (χ1v) is 5.96. The van der Waals surface area contributed by atoms with Crippen LogP contribution in [0, 0.1) is 0 Å². The fourth-order valence-corrected chi connectivity index (χ4v) is 1.71. The van der Waals surface area contributed by atoms with E-state index in [1.165, 1.54) is 7.11 Å². The first-order chi connectivity index (χ1) is 8.93. The van der Waals surface area contributed by atoms with Gasteiger partial charge >= 0.3 is 12.1 Å². The lowest BCUT2D eigenvalue weighted by molar-refractivity contribution is 0.129. The summed E-state index contributed by atoms with van der Waals surface area (Å²) in [5.74, 6) is 0. The van der Waals surface area contributed by atoms with Crippen LogP contribution in [-0.4, -0.2) is 36.7 Å². The largest absolute Gasteiger partial charge is 0.452 e. The quantitative estimate of drug-likeness (QED) is 0.872. The van der Waals surface area contributed by atoms with Crippen LogP contribution in [-0.2, 0) is 11.2 Å². The van der Waals surface area contributed by atoms with Gasteiger partial charge in [-0.05, 0) is 24.1 Å². The molecule has 1 rings (SSSR count). The van der Waals surface area contributed by atoms with Crippen LogP contribution >= 0.6 is 11.6 Å². The second kappa shape index (κ2) is 6.96. The summed E-state index contributed by atoms with van der Waals surface area (Å²) in [6.07, 6.45) is -0.336. The van der Waals surface area contributed by atoms with E-state index >= 15 is 0 Å². The van der Waals surface area contributed by atoms with Crippen LogP contribution < -0.4 is 11.5 Å². The summed E-state index contributed by atoms with van der Waals surface area (Å²) < 4.78 is 4.45. The van der Waals surface area contributed by atoms with Crippen LogP contribution in [0.3, 0.4) is 0 Å². The summed E-state index contributed by atoms with van der Waals surface area (Å²) in [6, 6.07) is 5.82. The number of benzene rings is 1. The summed E-state index contributed by atoms with van der Waals surface area (Å²) >= 11 is 5.77. The molecule has 0 aliphatic heterocycles. The zero-order chi connectivity index (χ0) is 14.4. The SMILES string of the molecule is COC(=O)N(C[C@H](N)Cc1ccc(Cl)cc1)C(N)=O. The number of methoxy groups -OCH3 is 1. The van der Waals surface area contributed by atoms with Crippen molar-refractivity contribution in [2.24, 2.45) is 11.5 Å². The normalized spacial score (nSPS) is 11.7. The van der Waals surface area contributed by atoms with Gasteiger partial charge in [0.2, 0.25) is 0 Å². The molecule has 3 amide bonds. The lowest BCUT2D eigenvalue weighted by Crippen LogP contribution is -2.47. The number of hydrogen-bond donors (Lipinski definition) is 2. The summed E-state index contributed by atoms with van der Waals surface area (Å²) in [5.41, 5.74) is 11.9. The topological polar surface area (TPSA) is 98.7 Å². The van der Waals surface area contributed by atoms with Gasteiger partial charge in [0, 0.05) is 17.6 Å². The van der Waals surface area contributed by atoms with Crippen molar-refractivity contribution in [2.75, 3.05) is 13.7 Å². The fourth-order valence-electron chi connectivity index (χ4n) is 1.59. The molecule has 0 saturated carbocycles. The Labute approximate surface area is 116 Å². The summed E-state index contributed by atoms with van der Waals surface area (Å²) in [7, 11) is 1.17. The monoisotopic (exact) mass is 285 g/mol. The van der Waals surface area contributed by atoms with Crippen molar-refractivity contribution in [1.82, 2.24) is 4.90 Å². The van der Waals surface area contributed by atoms with Gasteiger partial charge in [-0.25, -0.2) is 14.5 Å². The molecule has 0 fully saturated rings. The number of urea groups is 1. The molecule has 1 aromatic carbocycles. The van der Waals surface area contributed by atoms with Gasteiger partial charge in [-0.15, -0.1) is 0 Å². The van der Waals surface area contributed by atoms with E-state index in [9.17, 15) is 9.59 Å². The van der Waals surface area contributed by atoms with Gasteiger partial charge in [0.1, 0.15) is 0 Å². The molecule has 0 aliphatic carbocycles. The number of carbonyl (C=O) groups excluding carboxylic acids is 2. The molecule has 0 aromatic heterocycles. The number of ether oxygens (including phenoxy) is 1. The third-order valence-corrected chi connectivity index (χ3v) is 2.74. The molecule has 19 heavy (non-hydrogen) atoms. The number of halogens is 1. The molecule has 4 N–H and O–H groups in total. The van der Waals surface area contributed by atoms with Crippen molar-refractivity contribution in [1.29, 1.82) is 0 Å². The fraction of sp³-hybridized carbons (Fsp3) is 0.333. The standard InChI is InChI=1S/C12H16ClN3O3/c1-19-12(18)16(11(15)17)7-10(14)6-8-2-4-9(13)5-3-8/h2-5,10H,6-7,14H2,1H3,(H2,15,17)/t10-/m1/s1. The molecule has 0 spiro atoms. The maximum absolute atomic E-state index is 11.3. The van der Waals surface area contributed by atoms with Gasteiger partial charge in [-0.1, -0.05) is 23.7 Å². The number of rotatable bonds is 4. The van der Waals surface area contributed by atoms with Crippen LogP contribution in [0.1, 0.15) is 5.56 Å². The smallest absolute Gasteiger partial charge is 0.417 e. The van der Waals surface area contributed by atoms with Gasteiger partial charge in [-0.3, -0.25) is 0 Å². The zero-order valence-corrected chi connectivity index (χ0v) is 11.3. The molecule has 7 heteroatoms. The van der Waals surface area contributed by atoms with E-state index in [4.69, 9.17) is 23.1 Å². The maximum atomic E-state index is 11.3. The Balaban J connectivity index is 2.62. The van der Waals surface area contributed by atoms with E-state index < -0.39 is 18.2 Å². The number of primary amides is 1. The van der Waals surface area contributed by atoms with Crippen LogP contribution in [0.25, 0.3) is 0 Å². The van der Waals surface area contributed by atoms with Crippen LogP contribution in [0.5, 0.6) is 0 Å². The molecule has 0 unspecified atom stereocenters. The Hall–Kier alpha value is -1.79. The molecule has 0 bridgehead atoms. The van der Waals surface area contributed by atoms with Crippen molar-refractivity contribution in [2.45, 2.75) is 12.5 Å². The minimum Gasteiger partial charge on any atom is -0.452 e. The molecular formula is C12H16ClN3O3. The molecule has 6 nitrogen and oxygen atoms in total. The van der Waals surface area contributed by atoms with Crippen molar-refractivity contribution in [3.05, 3.63) is 34.9 Å². The highest BCUT2D eigenvalue weighted by Gasteiger charge is 2.22. The highest BCUT2D eigenvalue weighted by Crippen LogP contribution is 2.11. The Morgan fingerprint density at radius 1 is 1.37 bits per heavy atom. The number of hydrogen-bond acceptors (Lipinski definition) is 4. The molecule has 1 aromatic rings. The zero-order valence-electron chi connectivity index (χ0n) is 10.5. The van der Waals surface area contributed by atoms with Gasteiger partial charge in [-0.2, -0.15) is 0 Å². The number of imide groups is 1. The molecule has 0 aliphatic rings. The van der Waals surface area contributed by atoms with E-state index in [2.05, 4.69) is 4.74 Å². The molecule has 0 radical (unpaired) electrons. The average Bonchev–Trinajstić information content (AvgIpc) is 2.37. The van der Waals surface area contributed by atoms with Crippen molar-refractivity contribution in [3.63, 3.8) is 0 Å². The van der Waals surface area contributed by atoms with Gasteiger partial charge in [0.15, 0.2) is 0 Å². The second-order valence-electron chi connectivity index (χ2n) is 4.01. The second-order valence-corrected chi connectivity index (χ2v) is 4.45. The van der Waals surface area contributed by atoms with Gasteiger partial charge < -0.3 is 16.2 Å². The lowest BCUT2D eigenvalue weighted by atomic mass is 10.1. The maximum Gasteiger partial charge on any atom is 0.417 e. The lowest BCUT2D eigenvalue weighted by Gasteiger charge is -2.21. The summed E-state index contributed by atoms with van der Waals surface area (Å²) in [4.78, 5) is 23.2. The highest BCUT2D eigenvalue weighted by atomic mass is 35.5. The number of amides is 3. The van der Waals surface area contributed by atoms with E-state index in [1.807, 2.05) is 12.1 Å².